The van der Waals surface area contributed by atoms with E-state index in [1.165, 1.54) is 6.92 Å². The minimum absolute atomic E-state index is 0.125. The molecule has 2 aromatic carbocycles. The van der Waals surface area contributed by atoms with Crippen molar-refractivity contribution in [2.45, 2.75) is 20.3 Å². The highest BCUT2D eigenvalue weighted by molar-refractivity contribution is 6.30. The summed E-state index contributed by atoms with van der Waals surface area (Å²) in [5.41, 5.74) is 3.04. The van der Waals surface area contributed by atoms with Gasteiger partial charge in [-0.25, -0.2) is 0 Å². The van der Waals surface area contributed by atoms with Gasteiger partial charge in [0.2, 0.25) is 11.8 Å². The van der Waals surface area contributed by atoms with E-state index >= 15 is 0 Å². The van der Waals surface area contributed by atoms with Crippen molar-refractivity contribution < 1.29 is 9.59 Å². The average Bonchev–Trinajstić information content (AvgIpc) is 2.63. The molecule has 0 saturated heterocycles. The molecule has 1 N–H and O–H groups in total. The lowest BCUT2D eigenvalue weighted by atomic mass is 10.1. The van der Waals surface area contributed by atoms with Gasteiger partial charge in [-0.3, -0.25) is 14.6 Å². The van der Waals surface area contributed by atoms with Crippen molar-refractivity contribution >= 4 is 45.7 Å². The number of nitrogens with zero attached hydrogens (tertiary/aromatic N) is 2. The second-order valence-corrected chi connectivity index (χ2v) is 6.72. The minimum Gasteiger partial charge on any atom is -0.324 e. The van der Waals surface area contributed by atoms with Crippen LogP contribution in [0.15, 0.2) is 54.7 Å². The third-order valence-corrected chi connectivity index (χ3v) is 4.53. The van der Waals surface area contributed by atoms with Crippen molar-refractivity contribution in [2.24, 2.45) is 0 Å². The van der Waals surface area contributed by atoms with Gasteiger partial charge in [0.1, 0.15) is 0 Å². The molecule has 1 heterocycles. The molecular formula is C21H20ClN3O2. The highest BCUT2D eigenvalue weighted by Gasteiger charge is 2.16. The third kappa shape index (κ3) is 4.44. The number of rotatable bonds is 5. The van der Waals surface area contributed by atoms with Gasteiger partial charge in [-0.15, -0.1) is 0 Å². The van der Waals surface area contributed by atoms with Crippen molar-refractivity contribution in [3.63, 3.8) is 0 Å². The van der Waals surface area contributed by atoms with E-state index in [0.717, 1.165) is 22.2 Å². The first-order valence-electron chi connectivity index (χ1n) is 8.63. The Balaban J connectivity index is 1.72. The fourth-order valence-corrected chi connectivity index (χ4v) is 3.23. The van der Waals surface area contributed by atoms with E-state index in [1.807, 2.05) is 37.3 Å². The molecule has 0 radical (unpaired) electrons. The number of hydrogen-bond donors (Lipinski definition) is 1. The van der Waals surface area contributed by atoms with Crippen molar-refractivity contribution in [1.82, 2.24) is 4.98 Å². The molecule has 5 nitrogen and oxygen atoms in total. The van der Waals surface area contributed by atoms with E-state index in [4.69, 9.17) is 11.6 Å². The molecule has 1 aromatic heterocycles. The molecule has 138 valence electrons. The number of nitrogens with one attached hydrogen (secondary N) is 1. The second kappa shape index (κ2) is 8.18. The van der Waals surface area contributed by atoms with Crippen LogP contribution in [0.5, 0.6) is 0 Å². The summed E-state index contributed by atoms with van der Waals surface area (Å²) in [6.07, 6.45) is 1.86. The number of amides is 2. The summed E-state index contributed by atoms with van der Waals surface area (Å²) >= 11 is 5.99. The first kappa shape index (κ1) is 18.9. The zero-order chi connectivity index (χ0) is 19.4. The molecule has 0 atom stereocenters. The molecule has 0 aliphatic heterocycles. The Kier molecular flexibility index (Phi) is 5.72. The number of halogens is 1. The zero-order valence-electron chi connectivity index (χ0n) is 15.2. The Morgan fingerprint density at radius 2 is 1.93 bits per heavy atom. The summed E-state index contributed by atoms with van der Waals surface area (Å²) in [7, 11) is 0. The summed E-state index contributed by atoms with van der Waals surface area (Å²) < 4.78 is 0. The number of pyridine rings is 1. The van der Waals surface area contributed by atoms with Crippen LogP contribution in [-0.2, 0) is 9.59 Å². The van der Waals surface area contributed by atoms with Crippen LogP contribution >= 0.6 is 11.6 Å². The number of fused-ring (bicyclic) bond motifs is 1. The van der Waals surface area contributed by atoms with Gasteiger partial charge in [-0.2, -0.15) is 0 Å². The fraction of sp³-hybridized carbons (Fsp3) is 0.190. The van der Waals surface area contributed by atoms with E-state index < -0.39 is 0 Å². The number of hydrogen-bond acceptors (Lipinski definition) is 3. The molecule has 3 aromatic rings. The number of aromatic nitrogens is 1. The first-order chi connectivity index (χ1) is 13.0. The predicted octanol–water partition coefficient (Wildman–Crippen LogP) is 4.58. The summed E-state index contributed by atoms with van der Waals surface area (Å²) in [5.74, 6) is -0.300. The van der Waals surface area contributed by atoms with Gasteiger partial charge in [0.15, 0.2) is 0 Å². The van der Waals surface area contributed by atoms with Crippen molar-refractivity contribution in [3.05, 3.63) is 65.3 Å². The molecule has 0 aliphatic carbocycles. The molecule has 0 fully saturated rings. The minimum atomic E-state index is -0.175. The smallest absolute Gasteiger partial charge is 0.226 e. The quantitative estimate of drug-likeness (QED) is 0.703. The van der Waals surface area contributed by atoms with Gasteiger partial charge < -0.3 is 10.2 Å². The Hall–Kier alpha value is -2.92. The third-order valence-electron chi connectivity index (χ3n) is 4.30. The largest absolute Gasteiger partial charge is 0.324 e. The van der Waals surface area contributed by atoms with Crippen LogP contribution in [0.4, 0.5) is 11.4 Å². The monoisotopic (exact) mass is 381 g/mol. The maximum atomic E-state index is 12.5. The van der Waals surface area contributed by atoms with Crippen LogP contribution in [0.2, 0.25) is 5.02 Å². The van der Waals surface area contributed by atoms with Gasteiger partial charge >= 0.3 is 0 Å². The van der Waals surface area contributed by atoms with Crippen LogP contribution < -0.4 is 10.2 Å². The van der Waals surface area contributed by atoms with E-state index in [1.54, 1.807) is 29.3 Å². The maximum absolute atomic E-state index is 12.5. The molecule has 0 bridgehead atoms. The lowest BCUT2D eigenvalue weighted by molar-refractivity contribution is -0.117. The summed E-state index contributed by atoms with van der Waals surface area (Å²) in [5, 5.41) is 4.46. The van der Waals surface area contributed by atoms with Gasteiger partial charge in [0, 0.05) is 42.2 Å². The number of carbonyl (C=O) groups excluding carboxylic acids is 2. The van der Waals surface area contributed by atoms with Crippen molar-refractivity contribution in [3.8, 4) is 0 Å². The predicted molar refractivity (Wildman–Crippen MR) is 109 cm³/mol. The van der Waals surface area contributed by atoms with Gasteiger partial charge in [0.05, 0.1) is 11.2 Å². The van der Waals surface area contributed by atoms with Gasteiger partial charge in [-0.05, 0) is 42.8 Å². The average molecular weight is 382 g/mol. The normalized spacial score (nSPS) is 10.6. The molecule has 6 heteroatoms. The Morgan fingerprint density at radius 1 is 1.15 bits per heavy atom. The van der Waals surface area contributed by atoms with E-state index in [2.05, 4.69) is 10.3 Å². The van der Waals surface area contributed by atoms with Crippen molar-refractivity contribution in [1.29, 1.82) is 0 Å². The number of para-hydroxylation sites is 1. The van der Waals surface area contributed by atoms with E-state index in [0.29, 0.717) is 10.7 Å². The SMILES string of the molecule is CC(=O)N(CCC(=O)Nc1cccc2cccnc12)c1ccc(Cl)cc1C. The summed E-state index contributed by atoms with van der Waals surface area (Å²) in [4.78, 5) is 30.5. The molecule has 27 heavy (non-hydrogen) atoms. The molecule has 0 aliphatic rings. The van der Waals surface area contributed by atoms with Gasteiger partial charge in [0.25, 0.3) is 0 Å². The molecule has 3 rings (SSSR count). The van der Waals surface area contributed by atoms with Gasteiger partial charge in [-0.1, -0.05) is 29.8 Å². The molecule has 2 amide bonds. The maximum Gasteiger partial charge on any atom is 0.226 e. The lowest BCUT2D eigenvalue weighted by Gasteiger charge is -2.23. The summed E-state index contributed by atoms with van der Waals surface area (Å²) in [6.45, 7) is 3.65. The number of carbonyl (C=O) groups is 2. The molecular weight excluding hydrogens is 362 g/mol. The number of anilines is 2. The fourth-order valence-electron chi connectivity index (χ4n) is 3.00. The van der Waals surface area contributed by atoms with Crippen LogP contribution in [0.25, 0.3) is 10.9 Å². The van der Waals surface area contributed by atoms with E-state index in [9.17, 15) is 9.59 Å². The summed E-state index contributed by atoms with van der Waals surface area (Å²) in [6, 6.07) is 14.8. The highest BCUT2D eigenvalue weighted by atomic mass is 35.5. The highest BCUT2D eigenvalue weighted by Crippen LogP contribution is 2.24. The lowest BCUT2D eigenvalue weighted by Crippen LogP contribution is -2.32. The first-order valence-corrected chi connectivity index (χ1v) is 9.01. The van der Waals surface area contributed by atoms with Crippen molar-refractivity contribution in [2.75, 3.05) is 16.8 Å². The Morgan fingerprint density at radius 3 is 2.67 bits per heavy atom. The molecule has 0 unspecified atom stereocenters. The van der Waals surface area contributed by atoms with Crippen LogP contribution in [0.3, 0.4) is 0 Å². The number of benzene rings is 2. The second-order valence-electron chi connectivity index (χ2n) is 6.28. The topological polar surface area (TPSA) is 62.3 Å². The van der Waals surface area contributed by atoms with E-state index in [-0.39, 0.29) is 24.8 Å². The van der Waals surface area contributed by atoms with Crippen LogP contribution in [0.1, 0.15) is 18.9 Å². The standard InChI is InChI=1S/C21H20ClN3O2/c1-14-13-17(22)8-9-19(14)25(15(2)26)12-10-20(27)24-18-7-3-5-16-6-4-11-23-21(16)18/h3-9,11,13H,10,12H2,1-2H3,(H,24,27). The number of aryl methyl sites for hydroxylation is 1. The Bertz CT molecular complexity index is 998. The molecule has 0 saturated carbocycles. The van der Waals surface area contributed by atoms with Crippen LogP contribution in [-0.4, -0.2) is 23.3 Å². The molecule has 0 spiro atoms. The van der Waals surface area contributed by atoms with Crippen LogP contribution in [0, 0.1) is 6.92 Å². The zero-order valence-corrected chi connectivity index (χ0v) is 16.0. The Labute approximate surface area is 163 Å².